The molecule has 14 heavy (non-hydrogen) atoms. The lowest BCUT2D eigenvalue weighted by atomic mass is 10.1. The molecule has 0 radical (unpaired) electrons. The highest BCUT2D eigenvalue weighted by Gasteiger charge is 1.98. The predicted octanol–water partition coefficient (Wildman–Crippen LogP) is 3.27. The maximum absolute atomic E-state index is 11.0. The van der Waals surface area contributed by atoms with Crippen LogP contribution in [0, 0.1) is 0 Å². The highest BCUT2D eigenvalue weighted by Crippen LogP contribution is 2.05. The lowest BCUT2D eigenvalue weighted by Crippen LogP contribution is -2.04. The molecule has 0 aliphatic carbocycles. The SMILES string of the molecule is CCCCCCCCOS(=O)CCCl. The Morgan fingerprint density at radius 2 is 1.79 bits per heavy atom. The summed E-state index contributed by atoms with van der Waals surface area (Å²) >= 11 is 4.26. The van der Waals surface area contributed by atoms with Gasteiger partial charge in [-0.05, 0) is 6.42 Å². The third-order valence-electron chi connectivity index (χ3n) is 1.96. The minimum atomic E-state index is -1.16. The van der Waals surface area contributed by atoms with Crippen LogP contribution >= 0.6 is 11.6 Å². The minimum Gasteiger partial charge on any atom is -0.291 e. The molecule has 0 aliphatic heterocycles. The third-order valence-corrected chi connectivity index (χ3v) is 3.34. The van der Waals surface area contributed by atoms with Crippen molar-refractivity contribution >= 4 is 22.7 Å². The molecule has 4 heteroatoms. The zero-order chi connectivity index (χ0) is 10.6. The van der Waals surface area contributed by atoms with Crippen LogP contribution < -0.4 is 0 Å². The van der Waals surface area contributed by atoms with Crippen LogP contribution in [-0.2, 0) is 15.3 Å². The van der Waals surface area contributed by atoms with Crippen molar-refractivity contribution in [1.82, 2.24) is 0 Å². The van der Waals surface area contributed by atoms with E-state index < -0.39 is 11.1 Å². The first kappa shape index (κ1) is 14.4. The van der Waals surface area contributed by atoms with E-state index in [0.29, 0.717) is 18.2 Å². The first-order valence-corrected chi connectivity index (χ1v) is 7.16. The molecule has 0 heterocycles. The molecule has 1 unspecified atom stereocenters. The normalized spacial score (nSPS) is 13.0. The fraction of sp³-hybridized carbons (Fsp3) is 1.00. The molecule has 1 atom stereocenters. The standard InChI is InChI=1S/C10H21ClO2S/c1-2-3-4-5-6-7-9-13-14(12)10-8-11/h2-10H2,1H3. The van der Waals surface area contributed by atoms with Gasteiger partial charge in [0.15, 0.2) is 11.1 Å². The van der Waals surface area contributed by atoms with E-state index in [4.69, 9.17) is 15.8 Å². The number of hydrogen-bond donors (Lipinski definition) is 0. The van der Waals surface area contributed by atoms with Crippen LogP contribution in [0.2, 0.25) is 0 Å². The van der Waals surface area contributed by atoms with E-state index >= 15 is 0 Å². The molecule has 0 saturated heterocycles. The highest BCUT2D eigenvalue weighted by atomic mass is 35.5. The van der Waals surface area contributed by atoms with Crippen molar-refractivity contribution < 1.29 is 8.39 Å². The Morgan fingerprint density at radius 1 is 1.14 bits per heavy atom. The van der Waals surface area contributed by atoms with Gasteiger partial charge in [0.2, 0.25) is 0 Å². The molecule has 86 valence electrons. The molecule has 0 fully saturated rings. The van der Waals surface area contributed by atoms with Gasteiger partial charge in [-0.3, -0.25) is 4.18 Å². The Bertz CT molecular complexity index is 142. The van der Waals surface area contributed by atoms with Gasteiger partial charge in [0, 0.05) is 5.88 Å². The summed E-state index contributed by atoms with van der Waals surface area (Å²) in [7, 11) is 0. The van der Waals surface area contributed by atoms with Gasteiger partial charge in [-0.15, -0.1) is 11.6 Å². The largest absolute Gasteiger partial charge is 0.291 e. The van der Waals surface area contributed by atoms with Crippen molar-refractivity contribution in [2.24, 2.45) is 0 Å². The summed E-state index contributed by atoms with van der Waals surface area (Å²) < 4.78 is 16.1. The van der Waals surface area contributed by atoms with E-state index in [1.165, 1.54) is 32.1 Å². The molecule has 0 bridgehead atoms. The average Bonchev–Trinajstić information content (AvgIpc) is 2.17. The fourth-order valence-electron chi connectivity index (χ4n) is 1.16. The van der Waals surface area contributed by atoms with Gasteiger partial charge in [0.1, 0.15) is 0 Å². The van der Waals surface area contributed by atoms with Crippen molar-refractivity contribution in [2.45, 2.75) is 45.4 Å². The molecular formula is C10H21ClO2S. The summed E-state index contributed by atoms with van der Waals surface area (Å²) in [5.74, 6) is 0.848. The second-order valence-corrected chi connectivity index (χ2v) is 4.92. The Labute approximate surface area is 95.0 Å². The molecule has 0 saturated carbocycles. The zero-order valence-corrected chi connectivity index (χ0v) is 10.5. The predicted molar refractivity (Wildman–Crippen MR) is 63.1 cm³/mol. The van der Waals surface area contributed by atoms with Gasteiger partial charge in [-0.2, -0.15) is 0 Å². The van der Waals surface area contributed by atoms with Crippen LogP contribution in [0.5, 0.6) is 0 Å². The van der Waals surface area contributed by atoms with Crippen molar-refractivity contribution in [1.29, 1.82) is 0 Å². The monoisotopic (exact) mass is 240 g/mol. The number of halogens is 1. The summed E-state index contributed by atoms with van der Waals surface area (Å²) in [5.41, 5.74) is 0. The van der Waals surface area contributed by atoms with Crippen LogP contribution in [0.4, 0.5) is 0 Å². The van der Waals surface area contributed by atoms with E-state index in [1.54, 1.807) is 0 Å². The number of unbranched alkanes of at least 4 members (excludes halogenated alkanes) is 5. The second-order valence-electron chi connectivity index (χ2n) is 3.29. The molecule has 0 rings (SSSR count). The molecule has 0 N–H and O–H groups in total. The van der Waals surface area contributed by atoms with Crippen LogP contribution in [0.25, 0.3) is 0 Å². The smallest absolute Gasteiger partial charge is 0.156 e. The van der Waals surface area contributed by atoms with E-state index in [-0.39, 0.29) is 0 Å². The lowest BCUT2D eigenvalue weighted by Gasteiger charge is -2.02. The van der Waals surface area contributed by atoms with Gasteiger partial charge in [-0.25, -0.2) is 4.21 Å². The fourth-order valence-corrected chi connectivity index (χ4v) is 2.08. The quantitative estimate of drug-likeness (QED) is 0.433. The Kier molecular flexibility index (Phi) is 11.8. The van der Waals surface area contributed by atoms with Crippen molar-refractivity contribution in [2.75, 3.05) is 18.2 Å². The highest BCUT2D eigenvalue weighted by molar-refractivity contribution is 7.80. The van der Waals surface area contributed by atoms with Crippen molar-refractivity contribution in [3.63, 3.8) is 0 Å². The maximum Gasteiger partial charge on any atom is 0.156 e. The third kappa shape index (κ3) is 10.5. The molecule has 0 aromatic carbocycles. The molecule has 0 aromatic heterocycles. The van der Waals surface area contributed by atoms with Crippen LogP contribution in [0.1, 0.15) is 45.4 Å². The van der Waals surface area contributed by atoms with E-state index in [2.05, 4.69) is 6.92 Å². The second kappa shape index (κ2) is 11.5. The average molecular weight is 241 g/mol. The van der Waals surface area contributed by atoms with Crippen LogP contribution in [0.3, 0.4) is 0 Å². The number of alkyl halides is 1. The summed E-state index contributed by atoms with van der Waals surface area (Å²) in [6.07, 6.45) is 7.35. The van der Waals surface area contributed by atoms with Gasteiger partial charge < -0.3 is 0 Å². The molecule has 0 aromatic rings. The van der Waals surface area contributed by atoms with Gasteiger partial charge in [0.05, 0.1) is 12.4 Å². The van der Waals surface area contributed by atoms with Crippen molar-refractivity contribution in [3.8, 4) is 0 Å². The van der Waals surface area contributed by atoms with Gasteiger partial charge >= 0.3 is 0 Å². The van der Waals surface area contributed by atoms with E-state index in [9.17, 15) is 4.21 Å². The first-order chi connectivity index (χ1) is 6.81. The Hall–Kier alpha value is 0.400. The van der Waals surface area contributed by atoms with Gasteiger partial charge in [-0.1, -0.05) is 39.0 Å². The first-order valence-electron chi connectivity index (χ1n) is 5.39. The van der Waals surface area contributed by atoms with Crippen LogP contribution in [0.15, 0.2) is 0 Å². The summed E-state index contributed by atoms with van der Waals surface area (Å²) in [5, 5.41) is 0. The zero-order valence-electron chi connectivity index (χ0n) is 8.97. The molecule has 2 nitrogen and oxygen atoms in total. The Balaban J connectivity index is 3.01. The van der Waals surface area contributed by atoms with Gasteiger partial charge in [0.25, 0.3) is 0 Å². The number of hydrogen-bond acceptors (Lipinski definition) is 2. The maximum atomic E-state index is 11.0. The molecular weight excluding hydrogens is 220 g/mol. The van der Waals surface area contributed by atoms with Crippen LogP contribution in [-0.4, -0.2) is 22.4 Å². The summed E-state index contributed by atoms with van der Waals surface area (Å²) in [6.45, 7) is 2.81. The topological polar surface area (TPSA) is 26.3 Å². The molecule has 0 amide bonds. The summed E-state index contributed by atoms with van der Waals surface area (Å²) in [4.78, 5) is 0. The molecule has 0 spiro atoms. The number of rotatable bonds is 10. The van der Waals surface area contributed by atoms with Crippen molar-refractivity contribution in [3.05, 3.63) is 0 Å². The summed E-state index contributed by atoms with van der Waals surface area (Å²) in [6, 6.07) is 0. The lowest BCUT2D eigenvalue weighted by molar-refractivity contribution is 0.332. The minimum absolute atomic E-state index is 0.406. The molecule has 0 aliphatic rings. The van der Waals surface area contributed by atoms with E-state index in [1.807, 2.05) is 0 Å². The van der Waals surface area contributed by atoms with E-state index in [0.717, 1.165) is 6.42 Å². The Morgan fingerprint density at radius 3 is 2.43 bits per heavy atom.